The monoisotopic (exact) mass is 382 g/mol. The molecule has 0 aliphatic carbocycles. The first-order chi connectivity index (χ1) is 14.2. The number of likely N-dealkylation sites (tertiary alicyclic amines) is 1. The second kappa shape index (κ2) is 7.90. The molecule has 0 spiro atoms. The zero-order chi connectivity index (χ0) is 20.4. The fourth-order valence-corrected chi connectivity index (χ4v) is 4.30. The van der Waals surface area contributed by atoms with Crippen LogP contribution in [0.1, 0.15) is 27.4 Å². The molecule has 4 rings (SSSR count). The van der Waals surface area contributed by atoms with Gasteiger partial charge in [0.25, 0.3) is 5.91 Å². The third-order valence-corrected chi connectivity index (χ3v) is 5.74. The number of carbonyl (C=O) groups excluding carboxylic acids is 1. The Bertz CT molecular complexity index is 1070. The van der Waals surface area contributed by atoms with Gasteiger partial charge >= 0.3 is 0 Å². The third-order valence-electron chi connectivity index (χ3n) is 5.74. The van der Waals surface area contributed by atoms with Crippen molar-refractivity contribution in [3.8, 4) is 17.2 Å². The molecule has 0 radical (unpaired) electrons. The molecule has 1 heterocycles. The maximum atomic E-state index is 13.0. The van der Waals surface area contributed by atoms with Gasteiger partial charge in [-0.2, -0.15) is 5.26 Å². The lowest BCUT2D eigenvalue weighted by molar-refractivity contribution is -0.00571. The van der Waals surface area contributed by atoms with Gasteiger partial charge in [-0.05, 0) is 41.3 Å². The predicted molar refractivity (Wildman–Crippen MR) is 112 cm³/mol. The van der Waals surface area contributed by atoms with Crippen molar-refractivity contribution in [2.45, 2.75) is 24.9 Å². The Morgan fingerprint density at radius 3 is 2.24 bits per heavy atom. The number of amides is 1. The highest BCUT2D eigenvalue weighted by atomic mass is 16.3. The summed E-state index contributed by atoms with van der Waals surface area (Å²) >= 11 is 0. The maximum Gasteiger partial charge on any atom is 0.255 e. The molecule has 1 aliphatic rings. The highest BCUT2D eigenvalue weighted by molar-refractivity contribution is 5.96. The lowest BCUT2D eigenvalue weighted by Gasteiger charge is -2.52. The van der Waals surface area contributed by atoms with E-state index in [2.05, 4.69) is 25.1 Å². The summed E-state index contributed by atoms with van der Waals surface area (Å²) in [6.45, 7) is 1.87. The van der Waals surface area contributed by atoms with E-state index in [-0.39, 0.29) is 18.4 Å². The Balaban J connectivity index is 1.75. The third kappa shape index (κ3) is 3.20. The van der Waals surface area contributed by atoms with Crippen LogP contribution in [0.15, 0.2) is 78.9 Å². The van der Waals surface area contributed by atoms with Gasteiger partial charge in [-0.3, -0.25) is 4.79 Å². The highest BCUT2D eigenvalue weighted by Crippen LogP contribution is 2.45. The second-order valence-electron chi connectivity index (χ2n) is 7.33. The Hall–Kier alpha value is -3.42. The topological polar surface area (TPSA) is 64.3 Å². The van der Waals surface area contributed by atoms with E-state index in [1.165, 1.54) is 4.90 Å². The number of rotatable bonds is 4. The average Bonchev–Trinajstić information content (AvgIpc) is 2.75. The summed E-state index contributed by atoms with van der Waals surface area (Å²) < 4.78 is 0. The van der Waals surface area contributed by atoms with Crippen molar-refractivity contribution < 1.29 is 9.90 Å². The van der Waals surface area contributed by atoms with Crippen LogP contribution in [0.5, 0.6) is 0 Å². The van der Waals surface area contributed by atoms with Gasteiger partial charge in [0.05, 0.1) is 18.7 Å². The van der Waals surface area contributed by atoms with Gasteiger partial charge in [0, 0.05) is 11.5 Å². The molecule has 1 saturated heterocycles. The first kappa shape index (κ1) is 18.9. The van der Waals surface area contributed by atoms with Crippen molar-refractivity contribution >= 4 is 5.91 Å². The summed E-state index contributed by atoms with van der Waals surface area (Å²) in [5.41, 5.74) is 4.80. The molecular formula is C25H22N2O2. The second-order valence-corrected chi connectivity index (χ2v) is 7.33. The number of carbonyl (C=O) groups is 1. The quantitative estimate of drug-likeness (QED) is 0.737. The van der Waals surface area contributed by atoms with Crippen molar-refractivity contribution in [2.75, 3.05) is 6.61 Å². The first-order valence-electron chi connectivity index (χ1n) is 9.70. The summed E-state index contributed by atoms with van der Waals surface area (Å²) in [4.78, 5) is 14.5. The lowest BCUT2D eigenvalue weighted by atomic mass is 9.73. The van der Waals surface area contributed by atoms with Gasteiger partial charge in [0.15, 0.2) is 0 Å². The van der Waals surface area contributed by atoms with Crippen molar-refractivity contribution in [1.29, 1.82) is 5.26 Å². The van der Waals surface area contributed by atoms with Crippen LogP contribution in [0.25, 0.3) is 11.1 Å². The Morgan fingerprint density at radius 1 is 0.966 bits per heavy atom. The zero-order valence-electron chi connectivity index (χ0n) is 16.2. The molecule has 4 heteroatoms. The van der Waals surface area contributed by atoms with E-state index in [0.29, 0.717) is 5.56 Å². The molecular weight excluding hydrogens is 360 g/mol. The highest BCUT2D eigenvalue weighted by Gasteiger charge is 2.52. The van der Waals surface area contributed by atoms with Gasteiger partial charge in [-0.15, -0.1) is 0 Å². The van der Waals surface area contributed by atoms with E-state index in [0.717, 1.165) is 22.3 Å². The van der Waals surface area contributed by atoms with Crippen molar-refractivity contribution in [3.63, 3.8) is 0 Å². The minimum Gasteiger partial charge on any atom is -0.394 e. The Labute approximate surface area is 170 Å². The zero-order valence-corrected chi connectivity index (χ0v) is 16.2. The lowest BCUT2D eigenvalue weighted by Crippen LogP contribution is -2.65. The average molecular weight is 382 g/mol. The normalized spacial score (nSPS) is 20.6. The molecule has 1 N–H and O–H groups in total. The summed E-state index contributed by atoms with van der Waals surface area (Å²) in [7, 11) is 0. The molecule has 1 amide bonds. The number of benzene rings is 3. The van der Waals surface area contributed by atoms with E-state index >= 15 is 0 Å². The standard InChI is InChI=1S/C25H22N2O2/c1-17-9-5-6-12-19(17)20-13-7-8-14-21(20)24-22(15-26)27(23(24)16-28)25(29)18-10-3-2-4-11-18/h2-14,22-24,28H,16H2,1H3/t22-,23-,24+/m1/s1. The molecule has 0 saturated carbocycles. The van der Waals surface area contributed by atoms with Crippen LogP contribution in [0, 0.1) is 18.3 Å². The van der Waals surface area contributed by atoms with Crippen LogP contribution in [-0.4, -0.2) is 34.6 Å². The molecule has 4 nitrogen and oxygen atoms in total. The summed E-state index contributed by atoms with van der Waals surface area (Å²) in [6, 6.07) is 26.3. The van der Waals surface area contributed by atoms with Gasteiger partial charge < -0.3 is 10.0 Å². The Morgan fingerprint density at radius 2 is 1.59 bits per heavy atom. The molecule has 3 aromatic rings. The molecule has 29 heavy (non-hydrogen) atoms. The van der Waals surface area contributed by atoms with E-state index < -0.39 is 12.1 Å². The minimum absolute atomic E-state index is 0.191. The largest absolute Gasteiger partial charge is 0.394 e. The Kier molecular flexibility index (Phi) is 5.16. The van der Waals surface area contributed by atoms with Crippen molar-refractivity contribution in [2.24, 2.45) is 0 Å². The SMILES string of the molecule is Cc1ccccc1-c1ccccc1[C@H]1[C@@H](C#N)N(C(=O)c2ccccc2)[C@@H]1CO. The van der Waals surface area contributed by atoms with Gasteiger partial charge in [-0.1, -0.05) is 66.7 Å². The van der Waals surface area contributed by atoms with Crippen LogP contribution in [0.3, 0.4) is 0 Å². The van der Waals surface area contributed by atoms with E-state index in [1.807, 2.05) is 42.5 Å². The van der Waals surface area contributed by atoms with Gasteiger partial charge in [0.1, 0.15) is 6.04 Å². The molecule has 1 aliphatic heterocycles. The molecule has 144 valence electrons. The molecule has 3 atom stereocenters. The van der Waals surface area contributed by atoms with Crippen LogP contribution in [-0.2, 0) is 0 Å². The number of hydrogen-bond donors (Lipinski definition) is 1. The summed E-state index contributed by atoms with van der Waals surface area (Å²) in [5.74, 6) is -0.464. The van der Waals surface area contributed by atoms with E-state index in [9.17, 15) is 15.2 Å². The number of nitrogens with zero attached hydrogens (tertiary/aromatic N) is 2. The van der Waals surface area contributed by atoms with Crippen molar-refractivity contribution in [3.05, 3.63) is 95.6 Å². The fourth-order valence-electron chi connectivity index (χ4n) is 4.30. The number of hydrogen-bond acceptors (Lipinski definition) is 3. The van der Waals surface area contributed by atoms with Gasteiger partial charge in [0.2, 0.25) is 0 Å². The van der Waals surface area contributed by atoms with Crippen molar-refractivity contribution in [1.82, 2.24) is 4.90 Å². The van der Waals surface area contributed by atoms with E-state index in [4.69, 9.17) is 0 Å². The number of aryl methyl sites for hydroxylation is 1. The smallest absolute Gasteiger partial charge is 0.255 e. The van der Waals surface area contributed by atoms with E-state index in [1.54, 1.807) is 24.3 Å². The maximum absolute atomic E-state index is 13.0. The number of nitriles is 1. The van der Waals surface area contributed by atoms with Crippen LogP contribution in [0.2, 0.25) is 0 Å². The molecule has 0 bridgehead atoms. The molecule has 0 unspecified atom stereocenters. The van der Waals surface area contributed by atoms with Crippen LogP contribution >= 0.6 is 0 Å². The summed E-state index contributed by atoms with van der Waals surface area (Å²) in [5, 5.41) is 20.0. The number of aliphatic hydroxyl groups excluding tert-OH is 1. The minimum atomic E-state index is -0.620. The van der Waals surface area contributed by atoms with Gasteiger partial charge in [-0.25, -0.2) is 0 Å². The van der Waals surface area contributed by atoms with Crippen LogP contribution in [0.4, 0.5) is 0 Å². The van der Waals surface area contributed by atoms with Crippen LogP contribution < -0.4 is 0 Å². The molecule has 3 aromatic carbocycles. The molecule has 0 aromatic heterocycles. The summed E-state index contributed by atoms with van der Waals surface area (Å²) in [6.07, 6.45) is 0. The number of aliphatic hydroxyl groups is 1. The molecule has 1 fully saturated rings. The predicted octanol–water partition coefficient (Wildman–Crippen LogP) is 4.15. The first-order valence-corrected chi connectivity index (χ1v) is 9.70. The fraction of sp³-hybridized carbons (Fsp3) is 0.200.